The van der Waals surface area contributed by atoms with Crippen molar-refractivity contribution in [3.8, 4) is 5.75 Å². The lowest BCUT2D eigenvalue weighted by Gasteiger charge is -2.20. The van der Waals surface area contributed by atoms with Crippen LogP contribution in [0.2, 0.25) is 0 Å². The van der Waals surface area contributed by atoms with E-state index >= 15 is 0 Å². The van der Waals surface area contributed by atoms with E-state index in [4.69, 9.17) is 10.6 Å². The number of nitrogens with two attached hydrogens (primary N) is 1. The molecule has 0 saturated carbocycles. The zero-order chi connectivity index (χ0) is 12.5. The van der Waals surface area contributed by atoms with Crippen LogP contribution >= 0.6 is 0 Å². The lowest BCUT2D eigenvalue weighted by molar-refractivity contribution is 0.300. The molecule has 1 aliphatic heterocycles. The number of rotatable bonds is 3. The summed E-state index contributed by atoms with van der Waals surface area (Å²) in [4.78, 5) is 0. The van der Waals surface area contributed by atoms with E-state index in [-0.39, 0.29) is 12.0 Å². The van der Waals surface area contributed by atoms with Crippen molar-refractivity contribution in [1.82, 2.24) is 15.2 Å². The first-order chi connectivity index (χ1) is 8.79. The average Bonchev–Trinajstić information content (AvgIpc) is 2.98. The highest BCUT2D eigenvalue weighted by atomic mass is 16.5. The summed E-state index contributed by atoms with van der Waals surface area (Å²) < 4.78 is 7.48. The summed E-state index contributed by atoms with van der Waals surface area (Å²) in [6.45, 7) is 0.642. The normalized spacial score (nSPS) is 19.3. The lowest BCUT2D eigenvalue weighted by Crippen LogP contribution is -2.33. The molecule has 0 spiro atoms. The van der Waals surface area contributed by atoms with Crippen molar-refractivity contribution in [2.75, 3.05) is 6.61 Å². The van der Waals surface area contributed by atoms with Crippen LogP contribution in [0.25, 0.3) is 0 Å². The number of hydrogen-bond acceptors (Lipinski definition) is 4. The van der Waals surface area contributed by atoms with Gasteiger partial charge in [-0.3, -0.25) is 16.0 Å². The van der Waals surface area contributed by atoms with Gasteiger partial charge in [0.1, 0.15) is 5.75 Å². The second kappa shape index (κ2) is 4.44. The Balaban J connectivity index is 1.95. The zero-order valence-corrected chi connectivity index (χ0v) is 10.2. The van der Waals surface area contributed by atoms with Crippen molar-refractivity contribution in [3.05, 3.63) is 47.8 Å². The fourth-order valence-electron chi connectivity index (χ4n) is 2.51. The first-order valence-electron chi connectivity index (χ1n) is 5.96. The number of hydrazine groups is 1. The van der Waals surface area contributed by atoms with Crippen LogP contribution in [0.1, 0.15) is 23.1 Å². The van der Waals surface area contributed by atoms with E-state index in [1.54, 1.807) is 4.68 Å². The highest BCUT2D eigenvalue weighted by Crippen LogP contribution is 2.40. The van der Waals surface area contributed by atoms with E-state index in [1.165, 1.54) is 5.56 Å². The van der Waals surface area contributed by atoms with Gasteiger partial charge in [-0.15, -0.1) is 0 Å². The number of para-hydroxylation sites is 1. The molecule has 2 heterocycles. The molecular weight excluding hydrogens is 228 g/mol. The van der Waals surface area contributed by atoms with Gasteiger partial charge in [0.25, 0.3) is 0 Å². The molecule has 1 aliphatic rings. The molecule has 3 rings (SSSR count). The zero-order valence-electron chi connectivity index (χ0n) is 10.2. The van der Waals surface area contributed by atoms with E-state index in [0.29, 0.717) is 6.61 Å². The number of ether oxygens (including phenoxy) is 1. The highest BCUT2D eigenvalue weighted by molar-refractivity contribution is 5.41. The summed E-state index contributed by atoms with van der Waals surface area (Å²) in [6, 6.07) is 8.11. The lowest BCUT2D eigenvalue weighted by atomic mass is 9.90. The molecule has 18 heavy (non-hydrogen) atoms. The van der Waals surface area contributed by atoms with E-state index in [9.17, 15) is 0 Å². The maximum Gasteiger partial charge on any atom is 0.122 e. The third-order valence-corrected chi connectivity index (χ3v) is 3.40. The Hall–Kier alpha value is -1.85. The summed E-state index contributed by atoms with van der Waals surface area (Å²) in [5.41, 5.74) is 5.15. The highest BCUT2D eigenvalue weighted by Gasteiger charge is 2.32. The van der Waals surface area contributed by atoms with Crippen LogP contribution in [0.5, 0.6) is 5.75 Å². The Kier molecular flexibility index (Phi) is 2.77. The predicted molar refractivity (Wildman–Crippen MR) is 68.0 cm³/mol. The molecule has 5 nitrogen and oxygen atoms in total. The summed E-state index contributed by atoms with van der Waals surface area (Å²) in [5, 5.41) is 4.19. The summed E-state index contributed by atoms with van der Waals surface area (Å²) >= 11 is 0. The van der Waals surface area contributed by atoms with Gasteiger partial charge in [0.2, 0.25) is 0 Å². The molecule has 5 heteroatoms. The SMILES string of the molecule is Cn1cc(C(NN)C2COc3ccccc32)cn1. The Labute approximate surface area is 106 Å². The number of aromatic nitrogens is 2. The number of benzene rings is 1. The molecule has 2 unspecified atom stereocenters. The Morgan fingerprint density at radius 3 is 3.06 bits per heavy atom. The standard InChI is InChI=1S/C13H16N4O/c1-17-7-9(6-15-17)13(16-14)11-8-18-12-5-3-2-4-10(11)12/h2-7,11,13,16H,8,14H2,1H3. The van der Waals surface area contributed by atoms with E-state index < -0.39 is 0 Å². The number of nitrogens with zero attached hydrogens (tertiary/aromatic N) is 2. The van der Waals surface area contributed by atoms with Crippen LogP contribution in [0.15, 0.2) is 36.7 Å². The number of aryl methyl sites for hydroxylation is 1. The van der Waals surface area contributed by atoms with Gasteiger partial charge in [-0.2, -0.15) is 5.10 Å². The van der Waals surface area contributed by atoms with Crippen LogP contribution in [0, 0.1) is 0 Å². The van der Waals surface area contributed by atoms with Crippen LogP contribution in [0.4, 0.5) is 0 Å². The van der Waals surface area contributed by atoms with Gasteiger partial charge in [0, 0.05) is 30.3 Å². The van der Waals surface area contributed by atoms with Crippen LogP contribution < -0.4 is 16.0 Å². The van der Waals surface area contributed by atoms with Gasteiger partial charge >= 0.3 is 0 Å². The number of fused-ring (bicyclic) bond motifs is 1. The second-order valence-electron chi connectivity index (χ2n) is 4.55. The molecule has 94 valence electrons. The first-order valence-corrected chi connectivity index (χ1v) is 5.96. The predicted octanol–water partition coefficient (Wildman–Crippen LogP) is 1.10. The molecule has 0 amide bonds. The van der Waals surface area contributed by atoms with Crippen molar-refractivity contribution < 1.29 is 4.74 Å². The van der Waals surface area contributed by atoms with Crippen molar-refractivity contribution in [3.63, 3.8) is 0 Å². The Bertz CT molecular complexity index is 551. The smallest absolute Gasteiger partial charge is 0.122 e. The maximum atomic E-state index is 5.71. The summed E-state index contributed by atoms with van der Waals surface area (Å²) in [5.74, 6) is 6.88. The molecule has 2 aromatic rings. The Morgan fingerprint density at radius 1 is 1.50 bits per heavy atom. The molecule has 1 aromatic carbocycles. The fraction of sp³-hybridized carbons (Fsp3) is 0.308. The molecule has 0 aliphatic carbocycles. The minimum atomic E-state index is 0.0161. The average molecular weight is 244 g/mol. The van der Waals surface area contributed by atoms with Crippen LogP contribution in [-0.4, -0.2) is 16.4 Å². The monoisotopic (exact) mass is 244 g/mol. The van der Waals surface area contributed by atoms with Crippen molar-refractivity contribution in [2.24, 2.45) is 12.9 Å². The van der Waals surface area contributed by atoms with E-state index in [0.717, 1.165) is 11.3 Å². The quantitative estimate of drug-likeness (QED) is 0.627. The van der Waals surface area contributed by atoms with E-state index in [1.807, 2.05) is 37.6 Å². The minimum Gasteiger partial charge on any atom is -0.493 e. The molecule has 0 radical (unpaired) electrons. The van der Waals surface area contributed by atoms with Crippen molar-refractivity contribution >= 4 is 0 Å². The number of nitrogens with one attached hydrogen (secondary N) is 1. The van der Waals surface area contributed by atoms with Gasteiger partial charge in [0.05, 0.1) is 18.8 Å². The van der Waals surface area contributed by atoms with Gasteiger partial charge < -0.3 is 4.74 Å². The second-order valence-corrected chi connectivity index (χ2v) is 4.55. The van der Waals surface area contributed by atoms with Gasteiger partial charge in [0.15, 0.2) is 0 Å². The molecule has 0 bridgehead atoms. The summed E-state index contributed by atoms with van der Waals surface area (Å²) in [6.07, 6.45) is 3.82. The van der Waals surface area contributed by atoms with Crippen LogP contribution in [0.3, 0.4) is 0 Å². The van der Waals surface area contributed by atoms with Crippen molar-refractivity contribution in [1.29, 1.82) is 0 Å². The number of hydrogen-bond donors (Lipinski definition) is 2. The maximum absolute atomic E-state index is 5.71. The third-order valence-electron chi connectivity index (χ3n) is 3.40. The molecule has 3 N–H and O–H groups in total. The minimum absolute atomic E-state index is 0.0161. The fourth-order valence-corrected chi connectivity index (χ4v) is 2.51. The van der Waals surface area contributed by atoms with Gasteiger partial charge in [-0.05, 0) is 6.07 Å². The molecular formula is C13H16N4O. The largest absolute Gasteiger partial charge is 0.493 e. The molecule has 0 saturated heterocycles. The summed E-state index contributed by atoms with van der Waals surface area (Å²) in [7, 11) is 1.90. The van der Waals surface area contributed by atoms with Gasteiger partial charge in [-0.25, -0.2) is 0 Å². The van der Waals surface area contributed by atoms with E-state index in [2.05, 4.69) is 16.6 Å². The Morgan fingerprint density at radius 2 is 2.33 bits per heavy atom. The topological polar surface area (TPSA) is 65.1 Å². The molecule has 0 fully saturated rings. The molecule has 1 aromatic heterocycles. The first kappa shape index (κ1) is 11.3. The van der Waals surface area contributed by atoms with Gasteiger partial charge in [-0.1, -0.05) is 18.2 Å². The molecule has 2 atom stereocenters. The third kappa shape index (κ3) is 1.77. The van der Waals surface area contributed by atoms with Crippen LogP contribution in [-0.2, 0) is 7.05 Å². The van der Waals surface area contributed by atoms with Crippen molar-refractivity contribution in [2.45, 2.75) is 12.0 Å².